The number of benzene rings is 1. The Labute approximate surface area is 78.4 Å². The summed E-state index contributed by atoms with van der Waals surface area (Å²) in [5.41, 5.74) is 2.62. The van der Waals surface area contributed by atoms with Crippen LogP contribution in [0.5, 0.6) is 0 Å². The second-order valence-electron chi connectivity index (χ2n) is 3.49. The molecule has 0 amide bonds. The maximum Gasteiger partial charge on any atom is 0.0720 e. The fourth-order valence-corrected chi connectivity index (χ4v) is 1.90. The van der Waals surface area contributed by atoms with Crippen LogP contribution in [-0.2, 0) is 6.42 Å². The second kappa shape index (κ2) is 3.24. The summed E-state index contributed by atoms with van der Waals surface area (Å²) < 4.78 is 0. The average molecular weight is 172 g/mol. The molecule has 0 bridgehead atoms. The zero-order valence-electron chi connectivity index (χ0n) is 7.40. The molecular formula is C12H12O. The van der Waals surface area contributed by atoms with E-state index in [0.717, 1.165) is 6.42 Å². The molecule has 0 aliphatic heterocycles. The first kappa shape index (κ1) is 8.34. The van der Waals surface area contributed by atoms with Gasteiger partial charge in [-0.2, -0.15) is 0 Å². The predicted molar refractivity (Wildman–Crippen MR) is 52.3 cm³/mol. The van der Waals surface area contributed by atoms with Gasteiger partial charge in [0.25, 0.3) is 0 Å². The van der Waals surface area contributed by atoms with Crippen molar-refractivity contribution in [3.63, 3.8) is 0 Å². The van der Waals surface area contributed by atoms with E-state index in [1.54, 1.807) is 0 Å². The Morgan fingerprint density at radius 3 is 3.00 bits per heavy atom. The number of aliphatic hydroxyl groups is 1. The minimum Gasteiger partial charge on any atom is -0.391 e. The largest absolute Gasteiger partial charge is 0.391 e. The van der Waals surface area contributed by atoms with Gasteiger partial charge in [0.05, 0.1) is 6.10 Å². The van der Waals surface area contributed by atoms with Crippen LogP contribution in [0.2, 0.25) is 0 Å². The van der Waals surface area contributed by atoms with Gasteiger partial charge in [-0.3, -0.25) is 0 Å². The van der Waals surface area contributed by atoms with Crippen molar-refractivity contribution >= 4 is 0 Å². The Morgan fingerprint density at radius 1 is 1.54 bits per heavy atom. The van der Waals surface area contributed by atoms with Gasteiger partial charge >= 0.3 is 0 Å². The van der Waals surface area contributed by atoms with E-state index in [1.165, 1.54) is 11.1 Å². The zero-order valence-corrected chi connectivity index (χ0v) is 7.40. The van der Waals surface area contributed by atoms with E-state index in [4.69, 9.17) is 6.42 Å². The molecule has 1 aliphatic rings. The summed E-state index contributed by atoms with van der Waals surface area (Å²) in [7, 11) is 0. The molecule has 66 valence electrons. The van der Waals surface area contributed by atoms with Crippen molar-refractivity contribution in [2.75, 3.05) is 0 Å². The van der Waals surface area contributed by atoms with Gasteiger partial charge in [-0.05, 0) is 17.5 Å². The Kier molecular flexibility index (Phi) is 2.08. The normalized spacial score (nSPS) is 21.1. The third-order valence-corrected chi connectivity index (χ3v) is 2.69. The van der Waals surface area contributed by atoms with Gasteiger partial charge in [-0.25, -0.2) is 0 Å². The minimum absolute atomic E-state index is 0.271. The highest BCUT2D eigenvalue weighted by Crippen LogP contribution is 2.37. The highest BCUT2D eigenvalue weighted by atomic mass is 16.3. The fraction of sp³-hybridized carbons (Fsp3) is 0.333. The highest BCUT2D eigenvalue weighted by molar-refractivity contribution is 5.40. The smallest absolute Gasteiger partial charge is 0.0720 e. The minimum atomic E-state index is -0.361. The molecule has 0 aromatic heterocycles. The van der Waals surface area contributed by atoms with Crippen molar-refractivity contribution in [1.29, 1.82) is 0 Å². The van der Waals surface area contributed by atoms with Crippen LogP contribution in [0.3, 0.4) is 0 Å². The molecular weight excluding hydrogens is 160 g/mol. The second-order valence-corrected chi connectivity index (χ2v) is 3.49. The lowest BCUT2D eigenvalue weighted by molar-refractivity contribution is 0.138. The Bertz CT molecular complexity index is 348. The van der Waals surface area contributed by atoms with Gasteiger partial charge in [0.15, 0.2) is 0 Å². The molecule has 2 unspecified atom stereocenters. The molecule has 2 rings (SSSR count). The summed E-state index contributed by atoms with van der Waals surface area (Å²) in [5.74, 6) is 2.77. The molecule has 1 aliphatic carbocycles. The fourth-order valence-electron chi connectivity index (χ4n) is 1.90. The highest BCUT2D eigenvalue weighted by Gasteiger charge is 2.30. The van der Waals surface area contributed by atoms with Crippen LogP contribution in [0.15, 0.2) is 24.3 Å². The molecule has 1 N–H and O–H groups in total. The number of terminal acetylenes is 1. The van der Waals surface area contributed by atoms with Crippen LogP contribution in [0, 0.1) is 12.3 Å². The van der Waals surface area contributed by atoms with E-state index in [0.29, 0.717) is 6.42 Å². The van der Waals surface area contributed by atoms with E-state index >= 15 is 0 Å². The van der Waals surface area contributed by atoms with Gasteiger partial charge in [0.1, 0.15) is 0 Å². The van der Waals surface area contributed by atoms with Crippen LogP contribution < -0.4 is 0 Å². The van der Waals surface area contributed by atoms with Crippen molar-refractivity contribution in [3.8, 4) is 12.3 Å². The molecule has 0 saturated heterocycles. The van der Waals surface area contributed by atoms with Crippen LogP contribution in [0.1, 0.15) is 23.5 Å². The van der Waals surface area contributed by atoms with Gasteiger partial charge < -0.3 is 5.11 Å². The van der Waals surface area contributed by atoms with E-state index in [1.807, 2.05) is 12.1 Å². The average Bonchev–Trinajstić information content (AvgIpc) is 2.07. The van der Waals surface area contributed by atoms with Crippen LogP contribution in [0.4, 0.5) is 0 Å². The molecule has 1 nitrogen and oxygen atoms in total. The van der Waals surface area contributed by atoms with E-state index < -0.39 is 0 Å². The van der Waals surface area contributed by atoms with E-state index in [-0.39, 0.29) is 12.0 Å². The molecule has 1 heteroatoms. The monoisotopic (exact) mass is 172 g/mol. The summed E-state index contributed by atoms with van der Waals surface area (Å²) in [6.07, 6.45) is 6.22. The van der Waals surface area contributed by atoms with Crippen molar-refractivity contribution < 1.29 is 5.11 Å². The molecule has 0 radical (unpaired) electrons. The Hall–Kier alpha value is -1.26. The molecule has 0 spiro atoms. The third kappa shape index (κ3) is 1.34. The third-order valence-electron chi connectivity index (χ3n) is 2.69. The SMILES string of the molecule is C#CCC(O)C1Cc2ccccc21. The molecule has 0 saturated carbocycles. The topological polar surface area (TPSA) is 20.2 Å². The van der Waals surface area contributed by atoms with E-state index in [9.17, 15) is 5.11 Å². The summed E-state index contributed by atoms with van der Waals surface area (Å²) in [6, 6.07) is 8.22. The van der Waals surface area contributed by atoms with Gasteiger partial charge in [-0.15, -0.1) is 12.3 Å². The number of hydrogen-bond donors (Lipinski definition) is 1. The molecule has 13 heavy (non-hydrogen) atoms. The van der Waals surface area contributed by atoms with Crippen LogP contribution in [-0.4, -0.2) is 11.2 Å². The van der Waals surface area contributed by atoms with Gasteiger partial charge in [-0.1, -0.05) is 24.3 Å². The molecule has 1 aromatic rings. The first-order chi connectivity index (χ1) is 6.33. The number of fused-ring (bicyclic) bond motifs is 1. The summed E-state index contributed by atoms with van der Waals surface area (Å²) in [6.45, 7) is 0. The van der Waals surface area contributed by atoms with Crippen molar-refractivity contribution in [3.05, 3.63) is 35.4 Å². The number of hydrogen-bond acceptors (Lipinski definition) is 1. The lowest BCUT2D eigenvalue weighted by atomic mass is 9.74. The van der Waals surface area contributed by atoms with E-state index in [2.05, 4.69) is 18.1 Å². The maximum absolute atomic E-state index is 9.67. The number of rotatable bonds is 2. The first-order valence-corrected chi connectivity index (χ1v) is 4.52. The van der Waals surface area contributed by atoms with Crippen molar-refractivity contribution in [2.45, 2.75) is 24.9 Å². The van der Waals surface area contributed by atoms with Gasteiger partial charge in [0.2, 0.25) is 0 Å². The predicted octanol–water partition coefficient (Wildman–Crippen LogP) is 1.71. The zero-order chi connectivity index (χ0) is 9.26. The molecule has 0 heterocycles. The summed E-state index contributed by atoms with van der Waals surface area (Å²) in [4.78, 5) is 0. The lowest BCUT2D eigenvalue weighted by Crippen LogP contribution is -2.28. The Balaban J connectivity index is 2.14. The quantitative estimate of drug-likeness (QED) is 0.673. The summed E-state index contributed by atoms with van der Waals surface area (Å²) in [5, 5.41) is 9.67. The lowest BCUT2D eigenvalue weighted by Gasteiger charge is -2.33. The number of aliphatic hydroxyl groups excluding tert-OH is 1. The van der Waals surface area contributed by atoms with Crippen molar-refractivity contribution in [1.82, 2.24) is 0 Å². The van der Waals surface area contributed by atoms with Crippen molar-refractivity contribution in [2.24, 2.45) is 0 Å². The molecule has 0 fully saturated rings. The van der Waals surface area contributed by atoms with Crippen LogP contribution in [0.25, 0.3) is 0 Å². The summed E-state index contributed by atoms with van der Waals surface area (Å²) >= 11 is 0. The molecule has 1 aromatic carbocycles. The molecule has 2 atom stereocenters. The standard InChI is InChI=1S/C12H12O/c1-2-5-12(13)11-8-9-6-3-4-7-10(9)11/h1,3-4,6-7,11-13H,5,8H2. The van der Waals surface area contributed by atoms with Crippen LogP contribution >= 0.6 is 0 Å². The van der Waals surface area contributed by atoms with Gasteiger partial charge in [0, 0.05) is 12.3 Å². The first-order valence-electron chi connectivity index (χ1n) is 4.52. The maximum atomic E-state index is 9.67. The Morgan fingerprint density at radius 2 is 2.31 bits per heavy atom.